The van der Waals surface area contributed by atoms with E-state index in [1.165, 1.54) is 6.26 Å². The first kappa shape index (κ1) is 27.3. The normalized spacial score (nSPS) is 12.2. The van der Waals surface area contributed by atoms with E-state index >= 15 is 0 Å². The molecule has 37 heavy (non-hydrogen) atoms. The van der Waals surface area contributed by atoms with Gasteiger partial charge in [0.05, 0.1) is 26.1 Å². The fourth-order valence-corrected chi connectivity index (χ4v) is 6.60. The standard InChI is InChI=1S/C27H31N3O4S3/c1-3-4-5-8-20-12-14-22(15-13-20)37(33,34)28-17-16-24-26(29-30-27(24)25-11-7-18-35-25)21-9-6-10-23(19-21)36(2,31)32/h6-7,9-15,18-19,28H,3-5,8,16-17H2,1-2H3,(H,29,30). The fourth-order valence-electron chi connectivity index (χ4n) is 4.15. The Morgan fingerprint density at radius 2 is 1.70 bits per heavy atom. The highest BCUT2D eigenvalue weighted by Crippen LogP contribution is 2.33. The Balaban J connectivity index is 1.55. The Kier molecular flexibility index (Phi) is 8.63. The van der Waals surface area contributed by atoms with Gasteiger partial charge in [0.15, 0.2) is 9.84 Å². The van der Waals surface area contributed by atoms with Crippen molar-refractivity contribution in [3.8, 4) is 21.8 Å². The average molecular weight is 558 g/mol. The molecule has 2 N–H and O–H groups in total. The molecule has 0 radical (unpaired) electrons. The number of nitrogens with one attached hydrogen (secondary N) is 2. The van der Waals surface area contributed by atoms with E-state index in [9.17, 15) is 16.8 Å². The van der Waals surface area contributed by atoms with Crippen LogP contribution in [0.15, 0.2) is 75.8 Å². The Labute approximate surface area is 222 Å². The maximum atomic E-state index is 13.0. The summed E-state index contributed by atoms with van der Waals surface area (Å²) in [5.74, 6) is 0. The Hall–Kier alpha value is -2.79. The molecular formula is C27H31N3O4S3. The third kappa shape index (κ3) is 6.75. The van der Waals surface area contributed by atoms with Gasteiger partial charge in [-0.3, -0.25) is 5.10 Å². The van der Waals surface area contributed by atoms with Gasteiger partial charge in [-0.2, -0.15) is 5.10 Å². The van der Waals surface area contributed by atoms with Crippen LogP contribution >= 0.6 is 11.3 Å². The Morgan fingerprint density at radius 1 is 0.919 bits per heavy atom. The lowest BCUT2D eigenvalue weighted by Crippen LogP contribution is -2.26. The minimum Gasteiger partial charge on any atom is -0.276 e. The highest BCUT2D eigenvalue weighted by molar-refractivity contribution is 7.90. The van der Waals surface area contributed by atoms with Crippen LogP contribution in [-0.4, -0.2) is 39.8 Å². The van der Waals surface area contributed by atoms with Crippen LogP contribution < -0.4 is 4.72 Å². The number of sulfonamides is 1. The lowest BCUT2D eigenvalue weighted by Gasteiger charge is -2.10. The van der Waals surface area contributed by atoms with Gasteiger partial charge in [-0.05, 0) is 60.5 Å². The van der Waals surface area contributed by atoms with Crippen molar-refractivity contribution >= 4 is 31.2 Å². The van der Waals surface area contributed by atoms with Crippen molar-refractivity contribution in [1.82, 2.24) is 14.9 Å². The predicted octanol–water partition coefficient (Wildman–Crippen LogP) is 5.46. The highest BCUT2D eigenvalue weighted by Gasteiger charge is 2.20. The smallest absolute Gasteiger partial charge is 0.240 e. The Morgan fingerprint density at radius 3 is 2.38 bits per heavy atom. The zero-order valence-corrected chi connectivity index (χ0v) is 23.3. The molecule has 0 atom stereocenters. The predicted molar refractivity (Wildman–Crippen MR) is 149 cm³/mol. The third-order valence-electron chi connectivity index (χ3n) is 6.14. The lowest BCUT2D eigenvalue weighted by atomic mass is 10.0. The van der Waals surface area contributed by atoms with Crippen molar-refractivity contribution < 1.29 is 16.8 Å². The summed E-state index contributed by atoms with van der Waals surface area (Å²) in [5.41, 5.74) is 4.00. The molecule has 0 fully saturated rings. The van der Waals surface area contributed by atoms with Crippen molar-refractivity contribution in [2.45, 2.75) is 48.8 Å². The maximum absolute atomic E-state index is 13.0. The molecule has 0 saturated heterocycles. The highest BCUT2D eigenvalue weighted by atomic mass is 32.2. The van der Waals surface area contributed by atoms with Gasteiger partial charge in [0.25, 0.3) is 0 Å². The number of nitrogens with zero attached hydrogens (tertiary/aromatic N) is 1. The molecule has 0 saturated carbocycles. The van der Waals surface area contributed by atoms with Crippen LogP contribution in [0.4, 0.5) is 0 Å². The van der Waals surface area contributed by atoms with Gasteiger partial charge < -0.3 is 0 Å². The summed E-state index contributed by atoms with van der Waals surface area (Å²) in [6.45, 7) is 2.32. The van der Waals surface area contributed by atoms with Crippen LogP contribution in [0.2, 0.25) is 0 Å². The summed E-state index contributed by atoms with van der Waals surface area (Å²) in [4.78, 5) is 1.41. The van der Waals surface area contributed by atoms with Crippen molar-refractivity contribution in [3.63, 3.8) is 0 Å². The average Bonchev–Trinajstić information content (AvgIpc) is 3.54. The number of hydrogen-bond donors (Lipinski definition) is 2. The van der Waals surface area contributed by atoms with Gasteiger partial charge in [0.1, 0.15) is 0 Å². The quantitative estimate of drug-likeness (QED) is 0.225. The molecule has 7 nitrogen and oxygen atoms in total. The fraction of sp³-hybridized carbons (Fsp3) is 0.296. The Bertz CT molecular complexity index is 1540. The van der Waals surface area contributed by atoms with E-state index in [0.29, 0.717) is 17.7 Å². The summed E-state index contributed by atoms with van der Waals surface area (Å²) < 4.78 is 52.8. The van der Waals surface area contributed by atoms with Gasteiger partial charge in [-0.15, -0.1) is 11.3 Å². The number of H-pyrrole nitrogens is 1. The number of unbranched alkanes of at least 4 members (excludes halogenated alkanes) is 2. The van der Waals surface area contributed by atoms with E-state index in [4.69, 9.17) is 0 Å². The largest absolute Gasteiger partial charge is 0.276 e. The maximum Gasteiger partial charge on any atom is 0.240 e. The molecule has 2 heterocycles. The minimum absolute atomic E-state index is 0.164. The zero-order valence-electron chi connectivity index (χ0n) is 20.9. The molecule has 0 bridgehead atoms. The minimum atomic E-state index is -3.68. The number of thiophene rings is 1. The first-order valence-electron chi connectivity index (χ1n) is 12.2. The number of aromatic nitrogens is 2. The molecular weight excluding hydrogens is 527 g/mol. The summed E-state index contributed by atoms with van der Waals surface area (Å²) in [6, 6.07) is 17.6. The van der Waals surface area contributed by atoms with Gasteiger partial charge in [-0.1, -0.05) is 50.1 Å². The molecule has 2 aromatic heterocycles. The van der Waals surface area contributed by atoms with Crippen molar-refractivity contribution in [2.75, 3.05) is 12.8 Å². The topological polar surface area (TPSA) is 109 Å². The van der Waals surface area contributed by atoms with Crippen LogP contribution in [0.25, 0.3) is 21.8 Å². The first-order valence-corrected chi connectivity index (χ1v) is 16.4. The van der Waals surface area contributed by atoms with Gasteiger partial charge >= 0.3 is 0 Å². The van der Waals surface area contributed by atoms with Crippen LogP contribution in [-0.2, 0) is 32.7 Å². The number of aryl methyl sites for hydroxylation is 1. The summed E-state index contributed by atoms with van der Waals surface area (Å²) in [6.07, 6.45) is 5.87. The first-order chi connectivity index (χ1) is 17.7. The van der Waals surface area contributed by atoms with Crippen LogP contribution in [0, 0.1) is 0 Å². The molecule has 0 aliphatic rings. The van der Waals surface area contributed by atoms with Gasteiger partial charge in [0.2, 0.25) is 10.0 Å². The number of hydrogen-bond acceptors (Lipinski definition) is 6. The molecule has 0 aliphatic carbocycles. The van der Waals surface area contributed by atoms with E-state index in [-0.39, 0.29) is 16.3 Å². The number of benzene rings is 2. The van der Waals surface area contributed by atoms with E-state index in [2.05, 4.69) is 21.8 Å². The van der Waals surface area contributed by atoms with Gasteiger partial charge in [-0.25, -0.2) is 21.6 Å². The summed E-state index contributed by atoms with van der Waals surface area (Å²) in [5, 5.41) is 9.52. The summed E-state index contributed by atoms with van der Waals surface area (Å²) >= 11 is 1.54. The van der Waals surface area contributed by atoms with Crippen LogP contribution in [0.3, 0.4) is 0 Å². The third-order valence-corrected chi connectivity index (χ3v) is 9.61. The molecule has 0 amide bonds. The number of aromatic amines is 1. The van der Waals surface area contributed by atoms with E-state index in [1.54, 1.807) is 47.7 Å². The molecule has 10 heteroatoms. The second-order valence-corrected chi connectivity index (χ2v) is 13.7. The second-order valence-electron chi connectivity index (χ2n) is 8.95. The molecule has 0 unspecified atom stereocenters. The van der Waals surface area contributed by atoms with E-state index in [1.807, 2.05) is 29.6 Å². The number of rotatable bonds is 12. The van der Waals surface area contributed by atoms with Crippen LogP contribution in [0.5, 0.6) is 0 Å². The van der Waals surface area contributed by atoms with Crippen molar-refractivity contribution in [1.29, 1.82) is 0 Å². The molecule has 0 aliphatic heterocycles. The van der Waals surface area contributed by atoms with Crippen molar-refractivity contribution in [3.05, 3.63) is 77.2 Å². The number of sulfone groups is 1. The van der Waals surface area contributed by atoms with Gasteiger partial charge in [0, 0.05) is 23.9 Å². The van der Waals surface area contributed by atoms with E-state index in [0.717, 1.165) is 47.4 Å². The SMILES string of the molecule is CCCCCc1ccc(S(=O)(=O)NCCc2c(-c3cccc(S(C)(=O)=O)c3)n[nH]c2-c2cccs2)cc1. The molecule has 4 aromatic rings. The molecule has 0 spiro atoms. The zero-order chi connectivity index (χ0) is 26.5. The van der Waals surface area contributed by atoms with Crippen molar-refractivity contribution in [2.24, 2.45) is 0 Å². The monoisotopic (exact) mass is 557 g/mol. The molecule has 2 aromatic carbocycles. The second kappa shape index (κ2) is 11.7. The lowest BCUT2D eigenvalue weighted by molar-refractivity contribution is 0.581. The van der Waals surface area contributed by atoms with E-state index < -0.39 is 19.9 Å². The molecule has 4 rings (SSSR count). The van der Waals surface area contributed by atoms with Crippen LogP contribution in [0.1, 0.15) is 37.3 Å². The summed E-state index contributed by atoms with van der Waals surface area (Å²) in [7, 11) is -7.07. The molecule has 196 valence electrons.